The summed E-state index contributed by atoms with van der Waals surface area (Å²) < 4.78 is 0. The second-order valence-electron chi connectivity index (χ2n) is 7.44. The van der Waals surface area contributed by atoms with Crippen LogP contribution in [0.3, 0.4) is 0 Å². The number of amides is 1. The molecular weight excluding hydrogens is 392 g/mol. The molecule has 158 valence electrons. The zero-order valence-corrected chi connectivity index (χ0v) is 17.1. The first-order valence-corrected chi connectivity index (χ1v) is 10.3. The summed E-state index contributed by atoms with van der Waals surface area (Å²) in [6, 6.07) is 24.5. The molecule has 0 atom stereocenters. The summed E-state index contributed by atoms with van der Waals surface area (Å²) in [6.45, 7) is 2.99. The number of carbonyl (C=O) groups excluding carboxylic acids is 1. The first-order valence-electron chi connectivity index (χ1n) is 10.3. The van der Waals surface area contributed by atoms with E-state index in [0.717, 1.165) is 11.3 Å². The van der Waals surface area contributed by atoms with Gasteiger partial charge in [0.05, 0.1) is 4.92 Å². The van der Waals surface area contributed by atoms with Crippen LogP contribution in [0, 0.1) is 10.1 Å². The van der Waals surface area contributed by atoms with Crippen molar-refractivity contribution >= 4 is 23.0 Å². The average molecular weight is 416 g/mol. The van der Waals surface area contributed by atoms with Crippen LogP contribution in [-0.4, -0.2) is 41.9 Å². The van der Waals surface area contributed by atoms with Crippen molar-refractivity contribution in [2.24, 2.45) is 0 Å². The van der Waals surface area contributed by atoms with Crippen molar-refractivity contribution in [3.05, 3.63) is 100 Å². The molecule has 31 heavy (non-hydrogen) atoms. The molecule has 1 aliphatic heterocycles. The molecule has 1 saturated heterocycles. The van der Waals surface area contributed by atoms with Gasteiger partial charge in [-0.15, -0.1) is 0 Å². The van der Waals surface area contributed by atoms with Crippen LogP contribution in [-0.2, 0) is 6.54 Å². The minimum absolute atomic E-state index is 0.128. The van der Waals surface area contributed by atoms with Crippen LogP contribution in [0.15, 0.2) is 78.9 Å². The van der Waals surface area contributed by atoms with Gasteiger partial charge in [-0.05, 0) is 29.8 Å². The van der Waals surface area contributed by atoms with E-state index >= 15 is 0 Å². The molecule has 1 N–H and O–H groups in total. The monoisotopic (exact) mass is 416 g/mol. The molecule has 1 aliphatic rings. The van der Waals surface area contributed by atoms with Gasteiger partial charge >= 0.3 is 0 Å². The van der Waals surface area contributed by atoms with Gasteiger partial charge in [0, 0.05) is 50.2 Å². The third-order valence-electron chi connectivity index (χ3n) is 5.45. The van der Waals surface area contributed by atoms with Crippen LogP contribution in [0.2, 0.25) is 0 Å². The number of nitrogens with zero attached hydrogens (tertiary/aromatic N) is 3. The van der Waals surface area contributed by atoms with Crippen LogP contribution in [0.25, 0.3) is 0 Å². The molecule has 3 aromatic carbocycles. The van der Waals surface area contributed by atoms with Gasteiger partial charge in [-0.3, -0.25) is 14.9 Å². The standard InChI is InChI=1S/C24H24N4O3/c29-24(27-15-13-26(14-16-27)21-9-5-2-6-10-21)22-12-11-20(17-23(22)28(30)31)25-18-19-7-3-1-4-8-19/h1-12,17,25H,13-16,18H2. The van der Waals surface area contributed by atoms with Crippen molar-refractivity contribution in [2.45, 2.75) is 6.54 Å². The van der Waals surface area contributed by atoms with E-state index in [0.29, 0.717) is 38.4 Å². The highest BCUT2D eigenvalue weighted by molar-refractivity contribution is 5.99. The van der Waals surface area contributed by atoms with E-state index in [2.05, 4.69) is 10.2 Å². The number of hydrogen-bond donors (Lipinski definition) is 1. The fourth-order valence-electron chi connectivity index (χ4n) is 3.75. The van der Waals surface area contributed by atoms with Crippen LogP contribution in [0.5, 0.6) is 0 Å². The number of nitro groups is 1. The molecule has 3 aromatic rings. The highest BCUT2D eigenvalue weighted by atomic mass is 16.6. The van der Waals surface area contributed by atoms with Crippen molar-refractivity contribution in [1.82, 2.24) is 4.90 Å². The largest absolute Gasteiger partial charge is 0.381 e. The number of nitro benzene ring substituents is 1. The van der Waals surface area contributed by atoms with Gasteiger partial charge in [-0.1, -0.05) is 48.5 Å². The summed E-state index contributed by atoms with van der Waals surface area (Å²) >= 11 is 0. The average Bonchev–Trinajstić information content (AvgIpc) is 2.83. The molecule has 7 nitrogen and oxygen atoms in total. The number of para-hydroxylation sites is 1. The number of benzene rings is 3. The smallest absolute Gasteiger partial charge is 0.284 e. The first kappa shape index (κ1) is 20.4. The van der Waals surface area contributed by atoms with Gasteiger partial charge in [-0.2, -0.15) is 0 Å². The summed E-state index contributed by atoms with van der Waals surface area (Å²) in [5.41, 5.74) is 2.76. The lowest BCUT2D eigenvalue weighted by Crippen LogP contribution is -2.48. The molecule has 0 bridgehead atoms. The van der Waals surface area contributed by atoms with Crippen LogP contribution < -0.4 is 10.2 Å². The Labute approximate surface area is 181 Å². The second-order valence-corrected chi connectivity index (χ2v) is 7.44. The number of piperazine rings is 1. The predicted octanol–water partition coefficient (Wildman–Crippen LogP) is 4.17. The van der Waals surface area contributed by atoms with Crippen LogP contribution >= 0.6 is 0 Å². The number of nitrogens with one attached hydrogen (secondary N) is 1. The van der Waals surface area contributed by atoms with Crippen LogP contribution in [0.4, 0.5) is 17.1 Å². The highest BCUT2D eigenvalue weighted by Gasteiger charge is 2.28. The molecule has 4 rings (SSSR count). The van der Waals surface area contributed by atoms with E-state index in [1.807, 2.05) is 60.7 Å². The van der Waals surface area contributed by atoms with Gasteiger partial charge in [0.2, 0.25) is 0 Å². The third kappa shape index (κ3) is 4.83. The van der Waals surface area contributed by atoms with E-state index < -0.39 is 4.92 Å². The zero-order chi connectivity index (χ0) is 21.6. The molecule has 0 unspecified atom stereocenters. The Hall–Kier alpha value is -3.87. The second kappa shape index (κ2) is 9.30. The van der Waals surface area contributed by atoms with E-state index in [-0.39, 0.29) is 17.2 Å². The quantitative estimate of drug-likeness (QED) is 0.482. The topological polar surface area (TPSA) is 78.7 Å². The molecule has 0 radical (unpaired) electrons. The molecule has 7 heteroatoms. The Morgan fingerprint density at radius 2 is 1.55 bits per heavy atom. The van der Waals surface area contributed by atoms with Crippen molar-refractivity contribution in [3.63, 3.8) is 0 Å². The predicted molar refractivity (Wildman–Crippen MR) is 121 cm³/mol. The molecule has 0 spiro atoms. The van der Waals surface area contributed by atoms with Gasteiger partial charge in [0.25, 0.3) is 11.6 Å². The summed E-state index contributed by atoms with van der Waals surface area (Å²) in [5, 5.41) is 14.9. The van der Waals surface area contributed by atoms with Crippen molar-refractivity contribution in [2.75, 3.05) is 36.4 Å². The lowest BCUT2D eigenvalue weighted by atomic mass is 10.1. The fourth-order valence-corrected chi connectivity index (χ4v) is 3.75. The number of rotatable bonds is 6. The van der Waals surface area contributed by atoms with Crippen molar-refractivity contribution < 1.29 is 9.72 Å². The van der Waals surface area contributed by atoms with Crippen LogP contribution in [0.1, 0.15) is 15.9 Å². The molecule has 1 heterocycles. The molecule has 0 saturated carbocycles. The molecule has 0 aromatic heterocycles. The lowest BCUT2D eigenvalue weighted by molar-refractivity contribution is -0.385. The van der Waals surface area contributed by atoms with Crippen molar-refractivity contribution in [3.8, 4) is 0 Å². The minimum Gasteiger partial charge on any atom is -0.381 e. The number of hydrogen-bond acceptors (Lipinski definition) is 5. The first-order chi connectivity index (χ1) is 15.1. The van der Waals surface area contributed by atoms with Crippen molar-refractivity contribution in [1.29, 1.82) is 0 Å². The molecule has 0 aliphatic carbocycles. The highest BCUT2D eigenvalue weighted by Crippen LogP contribution is 2.26. The minimum atomic E-state index is -0.485. The maximum absolute atomic E-state index is 13.0. The lowest BCUT2D eigenvalue weighted by Gasteiger charge is -2.36. The summed E-state index contributed by atoms with van der Waals surface area (Å²) in [5.74, 6) is -0.297. The Morgan fingerprint density at radius 3 is 2.19 bits per heavy atom. The number of anilines is 2. The Morgan fingerprint density at radius 1 is 0.903 bits per heavy atom. The Kier molecular flexibility index (Phi) is 6.12. The maximum atomic E-state index is 13.0. The zero-order valence-electron chi connectivity index (χ0n) is 17.1. The van der Waals surface area contributed by atoms with Gasteiger partial charge in [0.1, 0.15) is 5.56 Å². The normalized spacial score (nSPS) is 13.7. The van der Waals surface area contributed by atoms with Gasteiger partial charge < -0.3 is 15.1 Å². The van der Waals surface area contributed by atoms with Gasteiger partial charge in [0.15, 0.2) is 0 Å². The maximum Gasteiger partial charge on any atom is 0.284 e. The summed E-state index contributed by atoms with van der Waals surface area (Å²) in [6.07, 6.45) is 0. The Balaban J connectivity index is 1.44. The molecular formula is C24H24N4O3. The number of carbonyl (C=O) groups is 1. The summed E-state index contributed by atoms with van der Waals surface area (Å²) in [7, 11) is 0. The van der Waals surface area contributed by atoms with E-state index in [4.69, 9.17) is 0 Å². The third-order valence-corrected chi connectivity index (χ3v) is 5.45. The SMILES string of the molecule is O=C(c1ccc(NCc2ccccc2)cc1[N+](=O)[O-])N1CCN(c2ccccc2)CC1. The Bertz CT molecular complexity index is 1050. The van der Waals surface area contributed by atoms with E-state index in [1.54, 1.807) is 17.0 Å². The van der Waals surface area contributed by atoms with Gasteiger partial charge in [-0.25, -0.2) is 0 Å². The van der Waals surface area contributed by atoms with E-state index in [1.165, 1.54) is 6.07 Å². The fraction of sp³-hybridized carbons (Fsp3) is 0.208. The summed E-state index contributed by atoms with van der Waals surface area (Å²) in [4.78, 5) is 28.1. The molecule has 1 amide bonds. The molecule has 1 fully saturated rings. The van der Waals surface area contributed by atoms with E-state index in [9.17, 15) is 14.9 Å².